The van der Waals surface area contributed by atoms with Crippen LogP contribution in [0.2, 0.25) is 0 Å². The summed E-state index contributed by atoms with van der Waals surface area (Å²) in [5.41, 5.74) is 5.88. The van der Waals surface area contributed by atoms with Crippen LogP contribution in [0.15, 0.2) is 65.7 Å². The van der Waals surface area contributed by atoms with Crippen molar-refractivity contribution in [3.05, 3.63) is 71.8 Å². The van der Waals surface area contributed by atoms with Crippen LogP contribution in [0.25, 0.3) is 0 Å². The minimum atomic E-state index is -0.0862. The van der Waals surface area contributed by atoms with Gasteiger partial charge in [0.1, 0.15) is 5.84 Å². The van der Waals surface area contributed by atoms with Crippen LogP contribution >= 0.6 is 0 Å². The molecule has 114 valence electrons. The molecule has 0 aliphatic carbocycles. The smallest absolute Gasteiger partial charge is 0.123 e. The zero-order chi connectivity index (χ0) is 15.6. The fraction of sp³-hybridized carbons (Fsp3) is 0.316. The van der Waals surface area contributed by atoms with Crippen LogP contribution in [0.5, 0.6) is 0 Å². The molecule has 0 amide bonds. The molecule has 1 aliphatic rings. The molecule has 2 aromatic carbocycles. The molecule has 22 heavy (non-hydrogen) atoms. The molecule has 1 N–H and O–H groups in total. The summed E-state index contributed by atoms with van der Waals surface area (Å²) in [5, 5.41) is 2.13. The van der Waals surface area contributed by atoms with Gasteiger partial charge in [0.15, 0.2) is 0 Å². The second kappa shape index (κ2) is 5.93. The lowest BCUT2D eigenvalue weighted by Gasteiger charge is -2.37. The zero-order valence-electron chi connectivity index (χ0n) is 13.5. The Morgan fingerprint density at radius 1 is 0.955 bits per heavy atom. The maximum absolute atomic E-state index is 4.98. The summed E-state index contributed by atoms with van der Waals surface area (Å²) < 4.78 is 0. The van der Waals surface area contributed by atoms with Crippen molar-refractivity contribution >= 4 is 5.84 Å². The molecule has 1 aliphatic heterocycles. The summed E-state index contributed by atoms with van der Waals surface area (Å²) in [6.45, 7) is 5.25. The minimum Gasteiger partial charge on any atom is -0.306 e. The highest BCUT2D eigenvalue weighted by atomic mass is 15.5. The number of nitrogens with one attached hydrogen (secondary N) is 1. The molecule has 3 nitrogen and oxygen atoms in total. The van der Waals surface area contributed by atoms with Crippen molar-refractivity contribution in [2.45, 2.75) is 25.3 Å². The molecule has 0 unspecified atom stereocenters. The van der Waals surface area contributed by atoms with Crippen LogP contribution in [0.4, 0.5) is 0 Å². The summed E-state index contributed by atoms with van der Waals surface area (Å²) in [6.07, 6.45) is 0. The summed E-state index contributed by atoms with van der Waals surface area (Å²) in [6, 6.07) is 21.1. The summed E-state index contributed by atoms with van der Waals surface area (Å²) >= 11 is 0. The van der Waals surface area contributed by atoms with Gasteiger partial charge in [0.2, 0.25) is 0 Å². The molecule has 0 spiro atoms. The second-order valence-corrected chi connectivity index (χ2v) is 6.53. The van der Waals surface area contributed by atoms with E-state index < -0.39 is 0 Å². The van der Waals surface area contributed by atoms with Crippen LogP contribution in [0, 0.1) is 0 Å². The molecule has 0 fully saturated rings. The number of benzene rings is 2. The third kappa shape index (κ3) is 3.20. The van der Waals surface area contributed by atoms with Crippen molar-refractivity contribution in [2.24, 2.45) is 4.99 Å². The Morgan fingerprint density at radius 3 is 1.91 bits per heavy atom. The number of rotatable bonds is 3. The number of hydrazine groups is 1. The van der Waals surface area contributed by atoms with Crippen LogP contribution in [0.3, 0.4) is 0 Å². The van der Waals surface area contributed by atoms with E-state index in [-0.39, 0.29) is 11.5 Å². The Labute approximate surface area is 132 Å². The number of aliphatic imine (C=N–C) groups is 1. The molecule has 2 aromatic rings. The zero-order valence-corrected chi connectivity index (χ0v) is 13.5. The van der Waals surface area contributed by atoms with Gasteiger partial charge in [-0.1, -0.05) is 60.7 Å². The van der Waals surface area contributed by atoms with E-state index in [9.17, 15) is 0 Å². The van der Waals surface area contributed by atoms with E-state index >= 15 is 0 Å². The van der Waals surface area contributed by atoms with Crippen LogP contribution in [-0.4, -0.2) is 30.0 Å². The molecule has 1 heterocycles. The molecule has 0 aromatic heterocycles. The van der Waals surface area contributed by atoms with Gasteiger partial charge in [0, 0.05) is 13.6 Å². The number of hydrogen-bond donors (Lipinski definition) is 1. The van der Waals surface area contributed by atoms with Gasteiger partial charge in [-0.05, 0) is 25.0 Å². The Kier molecular flexibility index (Phi) is 3.99. The number of amidine groups is 1. The van der Waals surface area contributed by atoms with Gasteiger partial charge in [-0.25, -0.2) is 5.01 Å². The standard InChI is InChI=1S/C19H23N3/c1-19(2)14-22(3)21-18(20-19)17(15-10-6-4-7-11-15)16-12-8-5-9-13-16/h4-13,17H,14H2,1-3H3,(H,20,21). The van der Waals surface area contributed by atoms with E-state index in [0.717, 1.165) is 12.4 Å². The van der Waals surface area contributed by atoms with E-state index in [1.165, 1.54) is 11.1 Å². The van der Waals surface area contributed by atoms with Gasteiger partial charge < -0.3 is 5.43 Å². The third-order valence-corrected chi connectivity index (χ3v) is 3.89. The number of nitrogens with zero attached hydrogens (tertiary/aromatic N) is 2. The highest BCUT2D eigenvalue weighted by Gasteiger charge is 2.30. The van der Waals surface area contributed by atoms with Crippen molar-refractivity contribution in [3.63, 3.8) is 0 Å². The quantitative estimate of drug-likeness (QED) is 0.938. The first-order chi connectivity index (χ1) is 10.6. The van der Waals surface area contributed by atoms with E-state index in [1.54, 1.807) is 0 Å². The van der Waals surface area contributed by atoms with Crippen molar-refractivity contribution in [1.82, 2.24) is 10.4 Å². The summed E-state index contributed by atoms with van der Waals surface area (Å²) in [7, 11) is 2.07. The first kappa shape index (κ1) is 14.8. The van der Waals surface area contributed by atoms with Crippen LogP contribution in [0.1, 0.15) is 30.9 Å². The Bertz CT molecular complexity index is 607. The first-order valence-electron chi connectivity index (χ1n) is 7.73. The molecule has 0 saturated carbocycles. The Hall–Kier alpha value is -2.13. The third-order valence-electron chi connectivity index (χ3n) is 3.89. The second-order valence-electron chi connectivity index (χ2n) is 6.53. The van der Waals surface area contributed by atoms with Crippen molar-refractivity contribution in [2.75, 3.05) is 13.6 Å². The maximum atomic E-state index is 4.98. The lowest BCUT2D eigenvalue weighted by Crippen LogP contribution is -2.53. The minimum absolute atomic E-state index is 0.0862. The number of likely N-dealkylation sites (N-methyl/N-ethyl adjacent to an activating group) is 1. The molecular weight excluding hydrogens is 270 g/mol. The van der Waals surface area contributed by atoms with Crippen molar-refractivity contribution in [1.29, 1.82) is 0 Å². The fourth-order valence-corrected chi connectivity index (χ4v) is 3.13. The molecule has 0 bridgehead atoms. The van der Waals surface area contributed by atoms with E-state index in [2.05, 4.69) is 92.0 Å². The summed E-state index contributed by atoms with van der Waals surface area (Å²) in [5.74, 6) is 1.14. The SMILES string of the molecule is CN1CC(C)(C)N=C(C(c2ccccc2)c2ccccc2)N1. The van der Waals surface area contributed by atoms with Crippen molar-refractivity contribution < 1.29 is 0 Å². The highest BCUT2D eigenvalue weighted by molar-refractivity contribution is 5.92. The molecular formula is C19H23N3. The van der Waals surface area contributed by atoms with Gasteiger partial charge in [0.25, 0.3) is 0 Å². The van der Waals surface area contributed by atoms with Gasteiger partial charge >= 0.3 is 0 Å². The Balaban J connectivity index is 2.09. The predicted molar refractivity (Wildman–Crippen MR) is 92.0 cm³/mol. The van der Waals surface area contributed by atoms with Gasteiger partial charge in [-0.2, -0.15) is 0 Å². The normalized spacial score (nSPS) is 17.9. The van der Waals surface area contributed by atoms with Crippen LogP contribution in [-0.2, 0) is 0 Å². The van der Waals surface area contributed by atoms with E-state index in [0.29, 0.717) is 0 Å². The Morgan fingerprint density at radius 2 is 1.45 bits per heavy atom. The highest BCUT2D eigenvalue weighted by Crippen LogP contribution is 2.28. The maximum Gasteiger partial charge on any atom is 0.123 e. The molecule has 3 rings (SSSR count). The van der Waals surface area contributed by atoms with E-state index in [4.69, 9.17) is 4.99 Å². The lowest BCUT2D eigenvalue weighted by molar-refractivity contribution is 0.215. The number of hydrogen-bond acceptors (Lipinski definition) is 3. The largest absolute Gasteiger partial charge is 0.306 e. The first-order valence-corrected chi connectivity index (χ1v) is 7.73. The molecule has 0 atom stereocenters. The van der Waals surface area contributed by atoms with Gasteiger partial charge in [-0.3, -0.25) is 4.99 Å². The van der Waals surface area contributed by atoms with Gasteiger partial charge in [-0.15, -0.1) is 0 Å². The average Bonchev–Trinajstić information content (AvgIpc) is 2.48. The molecule has 0 saturated heterocycles. The monoisotopic (exact) mass is 293 g/mol. The van der Waals surface area contributed by atoms with Gasteiger partial charge in [0.05, 0.1) is 11.5 Å². The molecule has 0 radical (unpaired) electrons. The molecule has 3 heteroatoms. The average molecular weight is 293 g/mol. The lowest BCUT2D eigenvalue weighted by atomic mass is 9.89. The van der Waals surface area contributed by atoms with Crippen molar-refractivity contribution in [3.8, 4) is 0 Å². The fourth-order valence-electron chi connectivity index (χ4n) is 3.13. The topological polar surface area (TPSA) is 27.6 Å². The predicted octanol–water partition coefficient (Wildman–Crippen LogP) is 3.45. The summed E-state index contributed by atoms with van der Waals surface area (Å²) in [4.78, 5) is 4.98. The van der Waals surface area contributed by atoms with E-state index in [1.807, 2.05) is 0 Å². The van der Waals surface area contributed by atoms with Crippen LogP contribution < -0.4 is 5.43 Å².